The maximum absolute atomic E-state index is 9.68. The molecule has 1 aliphatic heterocycles. The predicted octanol–water partition coefficient (Wildman–Crippen LogP) is 4.21. The number of aromatic hydroxyl groups is 1. The van der Waals surface area contributed by atoms with E-state index in [4.69, 9.17) is 4.74 Å². The van der Waals surface area contributed by atoms with Crippen LogP contribution in [0.1, 0.15) is 22.8 Å². The van der Waals surface area contributed by atoms with Gasteiger partial charge in [0.05, 0.1) is 6.61 Å². The van der Waals surface area contributed by atoms with Gasteiger partial charge in [0, 0.05) is 0 Å². The minimum absolute atomic E-state index is 0.0551. The van der Waals surface area contributed by atoms with Gasteiger partial charge in [0.15, 0.2) is 0 Å². The molecule has 0 saturated heterocycles. The van der Waals surface area contributed by atoms with Gasteiger partial charge in [-0.2, -0.15) is 0 Å². The minimum atomic E-state index is -0.0551. The lowest BCUT2D eigenvalue weighted by molar-refractivity contribution is 0.0707. The molecule has 0 fully saturated rings. The van der Waals surface area contributed by atoms with Gasteiger partial charge < -0.3 is 9.84 Å². The Morgan fingerprint density at radius 2 is 1.76 bits per heavy atom. The maximum Gasteiger partial charge on any atom is 0.115 e. The van der Waals surface area contributed by atoms with E-state index in [1.165, 1.54) is 21.9 Å². The first-order valence-electron chi connectivity index (χ1n) is 7.24. The van der Waals surface area contributed by atoms with Crippen LogP contribution in [-0.2, 0) is 11.2 Å². The number of hydrogen-bond acceptors (Lipinski definition) is 2. The second-order valence-electron chi connectivity index (χ2n) is 5.45. The molecule has 2 heteroatoms. The number of phenolic OH excluding ortho intramolecular Hbond substituents is 1. The summed E-state index contributed by atoms with van der Waals surface area (Å²) >= 11 is 0. The zero-order chi connectivity index (χ0) is 14.2. The number of phenols is 1. The van der Waals surface area contributed by atoms with Crippen LogP contribution in [0.4, 0.5) is 0 Å². The zero-order valence-corrected chi connectivity index (χ0v) is 11.6. The fourth-order valence-corrected chi connectivity index (χ4v) is 3.18. The molecule has 0 amide bonds. The van der Waals surface area contributed by atoms with Crippen molar-refractivity contribution in [1.29, 1.82) is 0 Å². The van der Waals surface area contributed by atoms with Crippen molar-refractivity contribution < 1.29 is 9.84 Å². The summed E-state index contributed by atoms with van der Waals surface area (Å²) in [6, 6.07) is 20.3. The van der Waals surface area contributed by atoms with E-state index in [0.29, 0.717) is 12.4 Å². The molecule has 0 saturated carbocycles. The maximum atomic E-state index is 9.68. The van der Waals surface area contributed by atoms with Crippen molar-refractivity contribution in [2.45, 2.75) is 12.5 Å². The summed E-state index contributed by atoms with van der Waals surface area (Å²) in [5, 5.41) is 12.1. The highest BCUT2D eigenvalue weighted by atomic mass is 16.5. The number of ether oxygens (including phenoxy) is 1. The van der Waals surface area contributed by atoms with E-state index >= 15 is 0 Å². The van der Waals surface area contributed by atoms with Gasteiger partial charge >= 0.3 is 0 Å². The molecule has 1 heterocycles. The summed E-state index contributed by atoms with van der Waals surface area (Å²) < 4.78 is 6.06. The molecule has 4 rings (SSSR count). The van der Waals surface area contributed by atoms with Crippen LogP contribution in [0.5, 0.6) is 5.75 Å². The van der Waals surface area contributed by atoms with E-state index in [1.807, 2.05) is 12.1 Å². The van der Waals surface area contributed by atoms with Gasteiger partial charge in [-0.05, 0) is 46.0 Å². The van der Waals surface area contributed by atoms with Crippen LogP contribution in [-0.4, -0.2) is 11.7 Å². The summed E-state index contributed by atoms with van der Waals surface area (Å²) in [5.74, 6) is 0.326. The molecule has 0 spiro atoms. The van der Waals surface area contributed by atoms with Crippen molar-refractivity contribution in [2.75, 3.05) is 6.61 Å². The third kappa shape index (κ3) is 2.08. The number of fused-ring (bicyclic) bond motifs is 2. The van der Waals surface area contributed by atoms with Gasteiger partial charge in [-0.1, -0.05) is 48.5 Å². The van der Waals surface area contributed by atoms with Gasteiger partial charge in [-0.25, -0.2) is 0 Å². The summed E-state index contributed by atoms with van der Waals surface area (Å²) in [5.41, 5.74) is 3.54. The lowest BCUT2D eigenvalue weighted by Crippen LogP contribution is -2.17. The van der Waals surface area contributed by atoms with Crippen molar-refractivity contribution in [1.82, 2.24) is 0 Å². The Labute approximate surface area is 123 Å². The lowest BCUT2D eigenvalue weighted by atomic mass is 9.90. The first kappa shape index (κ1) is 12.4. The summed E-state index contributed by atoms with van der Waals surface area (Å²) in [6.45, 7) is 0.685. The molecule has 1 aliphatic rings. The van der Waals surface area contributed by atoms with Crippen LogP contribution in [0.25, 0.3) is 10.8 Å². The number of rotatable bonds is 1. The normalized spacial score (nSPS) is 17.6. The molecule has 0 aliphatic carbocycles. The quantitative estimate of drug-likeness (QED) is 0.721. The Kier molecular flexibility index (Phi) is 2.90. The van der Waals surface area contributed by atoms with Crippen LogP contribution >= 0.6 is 0 Å². The Morgan fingerprint density at radius 1 is 0.905 bits per heavy atom. The topological polar surface area (TPSA) is 29.5 Å². The SMILES string of the molecule is Oc1ccc2c(c1)CCOC2c1cccc2ccccc12. The average molecular weight is 276 g/mol. The fourth-order valence-electron chi connectivity index (χ4n) is 3.18. The highest BCUT2D eigenvalue weighted by molar-refractivity contribution is 5.86. The molecule has 3 aromatic rings. The molecule has 104 valence electrons. The summed E-state index contributed by atoms with van der Waals surface area (Å²) in [7, 11) is 0. The Bertz CT molecular complexity index is 802. The molecule has 0 bridgehead atoms. The Morgan fingerprint density at radius 3 is 2.71 bits per heavy atom. The number of hydrogen-bond donors (Lipinski definition) is 1. The van der Waals surface area contributed by atoms with E-state index in [1.54, 1.807) is 6.07 Å². The van der Waals surface area contributed by atoms with Crippen LogP contribution in [0.2, 0.25) is 0 Å². The third-order valence-corrected chi connectivity index (χ3v) is 4.17. The van der Waals surface area contributed by atoms with Crippen molar-refractivity contribution >= 4 is 10.8 Å². The predicted molar refractivity (Wildman–Crippen MR) is 83.6 cm³/mol. The lowest BCUT2D eigenvalue weighted by Gasteiger charge is -2.27. The highest BCUT2D eigenvalue weighted by Crippen LogP contribution is 2.37. The molecular weight excluding hydrogens is 260 g/mol. The average Bonchev–Trinajstić information content (AvgIpc) is 2.53. The van der Waals surface area contributed by atoms with Crippen molar-refractivity contribution in [3.05, 3.63) is 77.4 Å². The zero-order valence-electron chi connectivity index (χ0n) is 11.6. The molecule has 0 aromatic heterocycles. The summed E-state index contributed by atoms with van der Waals surface area (Å²) in [6.07, 6.45) is 0.797. The second-order valence-corrected chi connectivity index (χ2v) is 5.45. The minimum Gasteiger partial charge on any atom is -0.508 e. The molecule has 0 radical (unpaired) electrons. The first-order chi connectivity index (χ1) is 10.3. The van der Waals surface area contributed by atoms with Gasteiger partial charge in [0.1, 0.15) is 11.9 Å². The van der Waals surface area contributed by atoms with E-state index in [0.717, 1.165) is 12.0 Å². The van der Waals surface area contributed by atoms with Gasteiger partial charge in [-0.15, -0.1) is 0 Å². The van der Waals surface area contributed by atoms with Crippen LogP contribution in [0, 0.1) is 0 Å². The van der Waals surface area contributed by atoms with Crippen LogP contribution in [0.3, 0.4) is 0 Å². The van der Waals surface area contributed by atoms with Crippen LogP contribution in [0.15, 0.2) is 60.7 Å². The van der Waals surface area contributed by atoms with Crippen molar-refractivity contribution in [2.24, 2.45) is 0 Å². The molecular formula is C19H16O2. The van der Waals surface area contributed by atoms with E-state index in [-0.39, 0.29) is 6.10 Å². The first-order valence-corrected chi connectivity index (χ1v) is 7.24. The summed E-state index contributed by atoms with van der Waals surface area (Å²) in [4.78, 5) is 0. The molecule has 2 nitrogen and oxygen atoms in total. The van der Waals surface area contributed by atoms with Crippen molar-refractivity contribution in [3.63, 3.8) is 0 Å². The van der Waals surface area contributed by atoms with Crippen LogP contribution < -0.4 is 0 Å². The highest BCUT2D eigenvalue weighted by Gasteiger charge is 2.24. The largest absolute Gasteiger partial charge is 0.508 e. The molecule has 1 atom stereocenters. The second kappa shape index (κ2) is 4.90. The Hall–Kier alpha value is -2.32. The number of benzene rings is 3. The Balaban J connectivity index is 1.91. The fraction of sp³-hybridized carbons (Fsp3) is 0.158. The monoisotopic (exact) mass is 276 g/mol. The van der Waals surface area contributed by atoms with Gasteiger partial charge in [0.25, 0.3) is 0 Å². The van der Waals surface area contributed by atoms with E-state index in [2.05, 4.69) is 42.5 Å². The van der Waals surface area contributed by atoms with E-state index < -0.39 is 0 Å². The molecule has 21 heavy (non-hydrogen) atoms. The standard InChI is InChI=1S/C19H16O2/c20-15-8-9-17-14(12-15)10-11-21-19(17)18-7-3-5-13-4-1-2-6-16(13)18/h1-9,12,19-20H,10-11H2. The van der Waals surface area contributed by atoms with E-state index in [9.17, 15) is 5.11 Å². The smallest absolute Gasteiger partial charge is 0.115 e. The van der Waals surface area contributed by atoms with Gasteiger partial charge in [0.2, 0.25) is 0 Å². The third-order valence-electron chi connectivity index (χ3n) is 4.17. The van der Waals surface area contributed by atoms with Gasteiger partial charge in [-0.3, -0.25) is 0 Å². The molecule has 1 unspecified atom stereocenters. The molecule has 3 aromatic carbocycles. The molecule has 1 N–H and O–H groups in total. The van der Waals surface area contributed by atoms with Crippen molar-refractivity contribution in [3.8, 4) is 5.75 Å².